The number of allylic oxidation sites excluding steroid dienone is 1. The van der Waals surface area contributed by atoms with Crippen LogP contribution in [0.1, 0.15) is 11.1 Å². The standard InChI is InChI=1S/C11H8N2/c1-9(7-12)6-10-2-4-11(8-13)5-3-10/h2-5H,1,6H2. The van der Waals surface area contributed by atoms with Crippen LogP contribution in [0.25, 0.3) is 0 Å². The van der Waals surface area contributed by atoms with Gasteiger partial charge in [0.15, 0.2) is 0 Å². The molecule has 1 aromatic carbocycles. The minimum Gasteiger partial charge on any atom is -0.193 e. The lowest BCUT2D eigenvalue weighted by atomic mass is 10.1. The SMILES string of the molecule is C=C(C#N)Cc1ccc(C#N)cc1. The van der Waals surface area contributed by atoms with Gasteiger partial charge in [0.05, 0.1) is 17.7 Å². The average molecular weight is 168 g/mol. The van der Waals surface area contributed by atoms with Crippen molar-refractivity contribution < 1.29 is 0 Å². The van der Waals surface area contributed by atoms with Gasteiger partial charge in [-0.1, -0.05) is 18.7 Å². The van der Waals surface area contributed by atoms with E-state index in [2.05, 4.69) is 6.58 Å². The first-order valence-corrected chi connectivity index (χ1v) is 3.83. The highest BCUT2D eigenvalue weighted by atomic mass is 14.2. The van der Waals surface area contributed by atoms with Gasteiger partial charge in [-0.3, -0.25) is 0 Å². The van der Waals surface area contributed by atoms with Crippen LogP contribution in [0.2, 0.25) is 0 Å². The molecule has 0 aliphatic carbocycles. The van der Waals surface area contributed by atoms with Gasteiger partial charge in [-0.25, -0.2) is 0 Å². The molecule has 13 heavy (non-hydrogen) atoms. The first kappa shape index (κ1) is 9.03. The zero-order valence-corrected chi connectivity index (χ0v) is 7.12. The molecule has 0 aromatic heterocycles. The largest absolute Gasteiger partial charge is 0.193 e. The molecule has 2 nitrogen and oxygen atoms in total. The van der Waals surface area contributed by atoms with Crippen molar-refractivity contribution in [1.29, 1.82) is 10.5 Å². The van der Waals surface area contributed by atoms with E-state index < -0.39 is 0 Å². The maximum atomic E-state index is 8.54. The van der Waals surface area contributed by atoms with E-state index in [1.807, 2.05) is 24.3 Å². The predicted octanol–water partition coefficient (Wildman–Crippen LogP) is 2.18. The van der Waals surface area contributed by atoms with Gasteiger partial charge in [0.1, 0.15) is 0 Å². The van der Waals surface area contributed by atoms with Crippen molar-refractivity contribution in [2.75, 3.05) is 0 Å². The van der Waals surface area contributed by atoms with E-state index >= 15 is 0 Å². The molecule has 0 heterocycles. The Morgan fingerprint density at radius 1 is 1.23 bits per heavy atom. The summed E-state index contributed by atoms with van der Waals surface area (Å²) in [5.74, 6) is 0. The lowest BCUT2D eigenvalue weighted by molar-refractivity contribution is 1.20. The Balaban J connectivity index is 2.78. The molecule has 62 valence electrons. The number of hydrogen-bond donors (Lipinski definition) is 0. The van der Waals surface area contributed by atoms with E-state index in [1.54, 1.807) is 12.1 Å². The minimum absolute atomic E-state index is 0.532. The number of nitrogens with zero attached hydrogens (tertiary/aromatic N) is 2. The summed E-state index contributed by atoms with van der Waals surface area (Å²) in [6.07, 6.45) is 0.558. The van der Waals surface area contributed by atoms with E-state index in [4.69, 9.17) is 10.5 Å². The summed E-state index contributed by atoms with van der Waals surface area (Å²) in [6, 6.07) is 11.2. The Morgan fingerprint density at radius 2 is 1.85 bits per heavy atom. The Labute approximate surface area is 77.4 Å². The molecule has 0 saturated heterocycles. The van der Waals surface area contributed by atoms with Crippen LogP contribution >= 0.6 is 0 Å². The van der Waals surface area contributed by atoms with Crippen LogP contribution in [0.3, 0.4) is 0 Å². The Hall–Kier alpha value is -2.06. The van der Waals surface area contributed by atoms with Crippen molar-refractivity contribution >= 4 is 0 Å². The molecule has 0 radical (unpaired) electrons. The predicted molar refractivity (Wildman–Crippen MR) is 49.6 cm³/mol. The van der Waals surface area contributed by atoms with Crippen LogP contribution in [0.15, 0.2) is 36.4 Å². The third kappa shape index (κ3) is 2.47. The lowest BCUT2D eigenvalue weighted by Gasteiger charge is -1.97. The first-order chi connectivity index (χ1) is 6.26. The van der Waals surface area contributed by atoms with Crippen LogP contribution in [0.4, 0.5) is 0 Å². The fourth-order valence-corrected chi connectivity index (χ4v) is 0.983. The van der Waals surface area contributed by atoms with Crippen molar-refractivity contribution in [3.8, 4) is 12.1 Å². The van der Waals surface area contributed by atoms with E-state index in [9.17, 15) is 0 Å². The molecule has 0 aliphatic heterocycles. The molecule has 2 heteroatoms. The summed E-state index contributed by atoms with van der Waals surface area (Å²) >= 11 is 0. The second kappa shape index (κ2) is 4.09. The molecular weight excluding hydrogens is 160 g/mol. The fraction of sp³-hybridized carbons (Fsp3) is 0.0909. The highest BCUT2D eigenvalue weighted by molar-refractivity contribution is 5.34. The van der Waals surface area contributed by atoms with Crippen LogP contribution in [-0.2, 0) is 6.42 Å². The zero-order chi connectivity index (χ0) is 9.68. The minimum atomic E-state index is 0.532. The number of hydrogen-bond acceptors (Lipinski definition) is 2. The summed E-state index contributed by atoms with van der Waals surface area (Å²) in [7, 11) is 0. The maximum Gasteiger partial charge on any atom is 0.0991 e. The molecule has 0 bridgehead atoms. The quantitative estimate of drug-likeness (QED) is 0.635. The van der Waals surface area contributed by atoms with E-state index in [0.717, 1.165) is 5.56 Å². The van der Waals surface area contributed by atoms with Gasteiger partial charge in [-0.2, -0.15) is 10.5 Å². The molecule has 0 unspecified atom stereocenters. The van der Waals surface area contributed by atoms with Gasteiger partial charge in [0.2, 0.25) is 0 Å². The number of rotatable bonds is 2. The van der Waals surface area contributed by atoms with Crippen molar-refractivity contribution in [3.05, 3.63) is 47.5 Å². The third-order valence-electron chi connectivity index (χ3n) is 1.66. The van der Waals surface area contributed by atoms with Crippen LogP contribution in [-0.4, -0.2) is 0 Å². The van der Waals surface area contributed by atoms with Gasteiger partial charge >= 0.3 is 0 Å². The monoisotopic (exact) mass is 168 g/mol. The summed E-state index contributed by atoms with van der Waals surface area (Å²) in [4.78, 5) is 0. The maximum absolute atomic E-state index is 8.54. The van der Waals surface area contributed by atoms with E-state index in [0.29, 0.717) is 17.6 Å². The second-order valence-corrected chi connectivity index (χ2v) is 2.70. The highest BCUT2D eigenvalue weighted by Crippen LogP contribution is 2.07. The molecule has 0 amide bonds. The Morgan fingerprint density at radius 3 is 2.31 bits per heavy atom. The van der Waals surface area contributed by atoms with Crippen molar-refractivity contribution in [1.82, 2.24) is 0 Å². The van der Waals surface area contributed by atoms with Gasteiger partial charge in [0.25, 0.3) is 0 Å². The summed E-state index contributed by atoms with van der Waals surface area (Å²) < 4.78 is 0. The summed E-state index contributed by atoms with van der Waals surface area (Å²) in [5.41, 5.74) is 2.17. The Kier molecular flexibility index (Phi) is 2.84. The molecule has 0 aliphatic rings. The second-order valence-electron chi connectivity index (χ2n) is 2.70. The van der Waals surface area contributed by atoms with Crippen molar-refractivity contribution in [2.45, 2.75) is 6.42 Å². The summed E-state index contributed by atoms with van der Waals surface area (Å²) in [6.45, 7) is 3.58. The van der Waals surface area contributed by atoms with Crippen molar-refractivity contribution in [2.24, 2.45) is 0 Å². The van der Waals surface area contributed by atoms with Crippen LogP contribution in [0, 0.1) is 22.7 Å². The molecule has 0 fully saturated rings. The highest BCUT2D eigenvalue weighted by Gasteiger charge is 1.96. The molecular formula is C11H8N2. The van der Waals surface area contributed by atoms with E-state index in [-0.39, 0.29) is 0 Å². The molecule has 1 aromatic rings. The van der Waals surface area contributed by atoms with Crippen LogP contribution < -0.4 is 0 Å². The molecule has 1 rings (SSSR count). The Bertz CT molecular complexity index is 388. The number of nitriles is 2. The van der Waals surface area contributed by atoms with E-state index in [1.165, 1.54) is 0 Å². The number of benzene rings is 1. The molecule has 0 N–H and O–H groups in total. The van der Waals surface area contributed by atoms with Gasteiger partial charge in [-0.15, -0.1) is 0 Å². The zero-order valence-electron chi connectivity index (χ0n) is 7.12. The lowest BCUT2D eigenvalue weighted by Crippen LogP contribution is -1.86. The fourth-order valence-electron chi connectivity index (χ4n) is 0.983. The first-order valence-electron chi connectivity index (χ1n) is 3.83. The molecule has 0 saturated carbocycles. The smallest absolute Gasteiger partial charge is 0.0991 e. The topological polar surface area (TPSA) is 47.6 Å². The summed E-state index contributed by atoms with van der Waals surface area (Å²) in [5, 5.41) is 17.0. The average Bonchev–Trinajstić information content (AvgIpc) is 2.19. The van der Waals surface area contributed by atoms with Gasteiger partial charge in [-0.05, 0) is 17.7 Å². The van der Waals surface area contributed by atoms with Crippen molar-refractivity contribution in [3.63, 3.8) is 0 Å². The van der Waals surface area contributed by atoms with Gasteiger partial charge in [0, 0.05) is 12.0 Å². The van der Waals surface area contributed by atoms with Crippen LogP contribution in [0.5, 0.6) is 0 Å². The molecule has 0 spiro atoms. The third-order valence-corrected chi connectivity index (χ3v) is 1.66. The normalized spacial score (nSPS) is 8.46. The van der Waals surface area contributed by atoms with Gasteiger partial charge < -0.3 is 0 Å². The molecule has 0 atom stereocenters.